The minimum atomic E-state index is -2.26. The number of ether oxygens (including phenoxy) is 1. The third-order valence-electron chi connectivity index (χ3n) is 2.28. The average Bonchev–Trinajstić information content (AvgIpc) is 3.29. The molecular formula is C14H36O9P2+2. The van der Waals surface area contributed by atoms with Crippen LogP contribution in [0.3, 0.4) is 0 Å². The molecule has 1 heterocycles. The van der Waals surface area contributed by atoms with E-state index in [1.165, 1.54) is 25.7 Å². The molecular weight excluding hydrogens is 374 g/mol. The molecule has 154 valence electrons. The first-order valence-electron chi connectivity index (χ1n) is 7.85. The summed E-state index contributed by atoms with van der Waals surface area (Å²) in [4.78, 5) is 25.9. The Bertz CT molecular complexity index is 289. The molecule has 0 radical (unpaired) electrons. The van der Waals surface area contributed by atoms with Gasteiger partial charge >= 0.3 is 22.0 Å². The normalized spacial score (nSPS) is 14.2. The summed E-state index contributed by atoms with van der Waals surface area (Å²) in [7, 11) is -4.22. The minimum absolute atomic E-state index is 0. The number of hydrogen-bond donors (Lipinski definition) is 3. The second kappa shape index (κ2) is 28.3. The van der Waals surface area contributed by atoms with E-state index in [0.29, 0.717) is 12.8 Å². The first kappa shape index (κ1) is 35.6. The summed E-state index contributed by atoms with van der Waals surface area (Å²) in [6.45, 7) is 9.39. The van der Waals surface area contributed by atoms with E-state index < -0.39 is 22.0 Å². The van der Waals surface area contributed by atoms with Gasteiger partial charge in [-0.25, -0.2) is 0 Å². The molecule has 0 bridgehead atoms. The predicted octanol–water partition coefficient (Wildman–Crippen LogP) is 2.28. The number of carboxylic acids is 1. The number of carboxylic acid groups (broad SMARTS) is 1. The summed E-state index contributed by atoms with van der Waals surface area (Å²) in [5, 5.41) is 7.92. The third-order valence-corrected chi connectivity index (χ3v) is 3.60. The van der Waals surface area contributed by atoms with E-state index in [-0.39, 0.29) is 29.6 Å². The van der Waals surface area contributed by atoms with Crippen molar-refractivity contribution in [1.82, 2.24) is 0 Å². The molecule has 1 saturated heterocycles. The Hall–Kier alpha value is -0.530. The van der Waals surface area contributed by atoms with E-state index in [2.05, 4.69) is 32.4 Å². The zero-order valence-electron chi connectivity index (χ0n) is 15.6. The molecule has 1 aliphatic rings. The van der Waals surface area contributed by atoms with E-state index in [1.54, 1.807) is 0 Å². The van der Waals surface area contributed by atoms with Gasteiger partial charge in [0, 0.05) is 0 Å². The van der Waals surface area contributed by atoms with E-state index in [0.717, 1.165) is 0 Å². The maximum Gasteiger partial charge on any atom is 0.508 e. The SMILES string of the molecule is CCCC.CCCC.O.O.O=C(O)CC[P+](=O)O.O=[P+](O)CC1CO1. The zero-order valence-corrected chi connectivity index (χ0v) is 17.4. The van der Waals surface area contributed by atoms with Crippen molar-refractivity contribution in [2.75, 3.05) is 18.9 Å². The van der Waals surface area contributed by atoms with Gasteiger partial charge in [-0.3, -0.25) is 4.79 Å². The van der Waals surface area contributed by atoms with Crippen LogP contribution in [0.15, 0.2) is 0 Å². The van der Waals surface area contributed by atoms with Gasteiger partial charge < -0.3 is 20.8 Å². The van der Waals surface area contributed by atoms with Gasteiger partial charge in [-0.05, 0) is 9.13 Å². The molecule has 0 aromatic carbocycles. The number of carbonyl (C=O) groups is 1. The molecule has 1 aliphatic heterocycles. The molecule has 0 saturated carbocycles. The van der Waals surface area contributed by atoms with Gasteiger partial charge in [-0.1, -0.05) is 53.4 Å². The molecule has 11 heteroatoms. The smallest absolute Gasteiger partial charge is 0.481 e. The molecule has 25 heavy (non-hydrogen) atoms. The Morgan fingerprint density at radius 2 is 1.32 bits per heavy atom. The van der Waals surface area contributed by atoms with Crippen LogP contribution in [-0.2, 0) is 18.7 Å². The number of hydrogen-bond acceptors (Lipinski definition) is 4. The molecule has 0 aromatic heterocycles. The first-order chi connectivity index (χ1) is 10.7. The van der Waals surface area contributed by atoms with Crippen molar-refractivity contribution in [3.05, 3.63) is 0 Å². The molecule has 0 amide bonds. The van der Waals surface area contributed by atoms with Crippen LogP contribution in [0.2, 0.25) is 0 Å². The van der Waals surface area contributed by atoms with E-state index >= 15 is 0 Å². The van der Waals surface area contributed by atoms with Crippen LogP contribution in [0.5, 0.6) is 0 Å². The van der Waals surface area contributed by atoms with Crippen LogP contribution in [0.1, 0.15) is 59.8 Å². The van der Waals surface area contributed by atoms with Gasteiger partial charge in [0.05, 0.1) is 13.0 Å². The Labute approximate surface area is 152 Å². The summed E-state index contributed by atoms with van der Waals surface area (Å²) < 4.78 is 24.4. The van der Waals surface area contributed by atoms with Crippen LogP contribution in [0, 0.1) is 0 Å². The number of unbranched alkanes of at least 4 members (excludes halogenated alkanes) is 2. The van der Waals surface area contributed by atoms with Gasteiger partial charge in [-0.15, -0.1) is 0 Å². The second-order valence-electron chi connectivity index (χ2n) is 4.71. The molecule has 3 atom stereocenters. The van der Waals surface area contributed by atoms with Crippen molar-refractivity contribution in [3.8, 4) is 0 Å². The molecule has 1 fully saturated rings. The Morgan fingerprint density at radius 1 is 0.960 bits per heavy atom. The highest BCUT2D eigenvalue weighted by atomic mass is 31.1. The van der Waals surface area contributed by atoms with Crippen LogP contribution in [0.4, 0.5) is 0 Å². The van der Waals surface area contributed by atoms with Crippen molar-refractivity contribution < 1.29 is 44.5 Å². The molecule has 1 rings (SSSR count). The van der Waals surface area contributed by atoms with Gasteiger partial charge in [0.25, 0.3) is 0 Å². The lowest BCUT2D eigenvalue weighted by Crippen LogP contribution is -1.95. The largest absolute Gasteiger partial charge is 0.508 e. The van der Waals surface area contributed by atoms with Crippen molar-refractivity contribution in [2.45, 2.75) is 65.9 Å². The van der Waals surface area contributed by atoms with Crippen LogP contribution < -0.4 is 0 Å². The van der Waals surface area contributed by atoms with Gasteiger partial charge in [0.1, 0.15) is 6.10 Å². The standard InChI is InChI=1S/2C4H10.C3H5O4P.C3H5O3P.2H2O/c2*1-3-4-2;4-3(5)1-2-8(6)7;4-7(5)2-3-1-6-3;;/h2*3-4H2,1-2H3;1-2H2,(H-,4,5,6,7);3H,1-2H2;2*1H2/p+2. The lowest BCUT2D eigenvalue weighted by Gasteiger charge is -1.76. The maximum absolute atomic E-state index is 9.92. The summed E-state index contributed by atoms with van der Waals surface area (Å²) in [6, 6.07) is 0. The highest BCUT2D eigenvalue weighted by Crippen LogP contribution is 2.22. The van der Waals surface area contributed by atoms with Gasteiger partial charge in [0.15, 0.2) is 6.16 Å². The quantitative estimate of drug-likeness (QED) is 0.424. The summed E-state index contributed by atoms with van der Waals surface area (Å²) in [6.07, 6.45) is 5.31. The fourth-order valence-corrected chi connectivity index (χ4v) is 1.48. The summed E-state index contributed by atoms with van der Waals surface area (Å²) in [5.41, 5.74) is 0. The molecule has 7 N–H and O–H groups in total. The Balaban J connectivity index is -0.0000000724. The van der Waals surface area contributed by atoms with E-state index in [9.17, 15) is 13.9 Å². The second-order valence-corrected chi connectivity index (χ2v) is 6.93. The molecule has 0 aliphatic carbocycles. The first-order valence-corrected chi connectivity index (χ1v) is 10.6. The zero-order chi connectivity index (χ0) is 18.7. The van der Waals surface area contributed by atoms with E-state index in [4.69, 9.17) is 14.9 Å². The number of rotatable bonds is 7. The number of aliphatic carboxylic acids is 1. The highest BCUT2D eigenvalue weighted by molar-refractivity contribution is 7.38. The lowest BCUT2D eigenvalue weighted by atomic mass is 10.4. The fourth-order valence-electron chi connectivity index (χ4n) is 0.539. The molecule has 0 aromatic rings. The topological polar surface area (TPSA) is 187 Å². The van der Waals surface area contributed by atoms with E-state index in [1.807, 2.05) is 0 Å². The highest BCUT2D eigenvalue weighted by Gasteiger charge is 2.31. The van der Waals surface area contributed by atoms with Crippen molar-refractivity contribution >= 4 is 22.0 Å². The van der Waals surface area contributed by atoms with Crippen LogP contribution >= 0.6 is 16.1 Å². The van der Waals surface area contributed by atoms with Crippen molar-refractivity contribution in [1.29, 1.82) is 0 Å². The molecule has 3 unspecified atom stereocenters. The van der Waals surface area contributed by atoms with Gasteiger partial charge in [0.2, 0.25) is 6.16 Å². The molecule has 9 nitrogen and oxygen atoms in total. The predicted molar refractivity (Wildman–Crippen MR) is 99.8 cm³/mol. The van der Waals surface area contributed by atoms with Crippen LogP contribution in [-0.4, -0.2) is 56.8 Å². The average molecular weight is 410 g/mol. The minimum Gasteiger partial charge on any atom is -0.481 e. The van der Waals surface area contributed by atoms with Crippen molar-refractivity contribution in [2.24, 2.45) is 0 Å². The fraction of sp³-hybridized carbons (Fsp3) is 0.929. The molecule has 0 spiro atoms. The Morgan fingerprint density at radius 3 is 1.40 bits per heavy atom. The van der Waals surface area contributed by atoms with Crippen LogP contribution in [0.25, 0.3) is 0 Å². The third kappa shape index (κ3) is 59.6. The van der Waals surface area contributed by atoms with Crippen molar-refractivity contribution in [3.63, 3.8) is 0 Å². The lowest BCUT2D eigenvalue weighted by molar-refractivity contribution is -0.136. The summed E-state index contributed by atoms with van der Waals surface area (Å²) in [5.74, 6) is -1.04. The summed E-state index contributed by atoms with van der Waals surface area (Å²) >= 11 is 0. The number of epoxide rings is 1. The monoisotopic (exact) mass is 410 g/mol. The maximum atomic E-state index is 9.92. The van der Waals surface area contributed by atoms with Gasteiger partial charge in [-0.2, -0.15) is 9.79 Å². The Kier molecular flexibility index (Phi) is 40.2.